The largest absolute Gasteiger partial charge is 0.326 e. The Bertz CT molecular complexity index is 798. The van der Waals surface area contributed by atoms with Gasteiger partial charge in [-0.05, 0) is 25.1 Å². The first-order valence-corrected chi connectivity index (χ1v) is 8.16. The molecule has 1 unspecified atom stereocenters. The molecule has 1 aromatic heterocycles. The molecule has 2 aromatic carbocycles. The topological polar surface area (TPSA) is 41.1 Å². The Labute approximate surface area is 134 Å². The van der Waals surface area contributed by atoms with Crippen LogP contribution in [0.2, 0.25) is 0 Å². The highest BCUT2D eigenvalue weighted by atomic mass is 32.1. The van der Waals surface area contributed by atoms with E-state index in [4.69, 9.17) is 4.98 Å². The van der Waals surface area contributed by atoms with Crippen molar-refractivity contribution in [2.24, 2.45) is 0 Å². The van der Waals surface area contributed by atoms with Gasteiger partial charge in [-0.1, -0.05) is 30.3 Å². The summed E-state index contributed by atoms with van der Waals surface area (Å²) in [4.78, 5) is 6.09. The third-order valence-corrected chi connectivity index (χ3v) is 5.25. The van der Waals surface area contributed by atoms with Gasteiger partial charge in [0.1, 0.15) is 12.6 Å². The number of quaternary nitrogens is 1. The number of fused-ring (bicyclic) bond motifs is 1. The van der Waals surface area contributed by atoms with Crippen LogP contribution in [0.15, 0.2) is 48.5 Å². The lowest BCUT2D eigenvalue weighted by atomic mass is 10.1. The fourth-order valence-corrected chi connectivity index (χ4v) is 3.64. The molecule has 1 N–H and O–H groups in total. The van der Waals surface area contributed by atoms with Crippen LogP contribution in [0.1, 0.15) is 29.1 Å². The van der Waals surface area contributed by atoms with E-state index >= 15 is 0 Å². The summed E-state index contributed by atoms with van der Waals surface area (Å²) in [5.41, 5.74) is 2.92. The quantitative estimate of drug-likeness (QED) is 0.805. The molecule has 0 radical (unpaired) electrons. The minimum Gasteiger partial charge on any atom is -0.326 e. The van der Waals surface area contributed by atoms with Gasteiger partial charge in [-0.15, -0.1) is 11.3 Å². The highest BCUT2D eigenvalue weighted by molar-refractivity contribution is 7.18. The smallest absolute Gasteiger partial charge is 0.151 e. The monoisotopic (exact) mass is 308 g/mol. The van der Waals surface area contributed by atoms with E-state index in [1.807, 2.05) is 30.3 Å². The van der Waals surface area contributed by atoms with E-state index in [1.165, 1.54) is 9.60 Å². The second kappa shape index (κ2) is 6.27. The normalized spacial score (nSPS) is 13.7. The molecule has 0 fully saturated rings. The number of benzene rings is 2. The van der Waals surface area contributed by atoms with Crippen LogP contribution in [0, 0.1) is 11.3 Å². The van der Waals surface area contributed by atoms with Gasteiger partial charge in [0, 0.05) is 5.56 Å². The van der Waals surface area contributed by atoms with Crippen LogP contribution in [0.25, 0.3) is 10.2 Å². The summed E-state index contributed by atoms with van der Waals surface area (Å²) in [7, 11) is 2.16. The predicted molar refractivity (Wildman–Crippen MR) is 89.8 cm³/mol. The zero-order chi connectivity index (χ0) is 15.5. The third-order valence-electron chi connectivity index (χ3n) is 4.03. The summed E-state index contributed by atoms with van der Waals surface area (Å²) >= 11 is 1.76. The molecule has 0 saturated carbocycles. The first-order chi connectivity index (χ1) is 10.7. The Morgan fingerprint density at radius 2 is 1.91 bits per heavy atom. The fraction of sp³-hybridized carbons (Fsp3) is 0.222. The number of nitrogens with zero attached hydrogens (tertiary/aromatic N) is 2. The first kappa shape index (κ1) is 14.7. The lowest BCUT2D eigenvalue weighted by Crippen LogP contribution is -3.07. The van der Waals surface area contributed by atoms with Crippen molar-refractivity contribution >= 4 is 21.6 Å². The molecule has 1 heterocycles. The van der Waals surface area contributed by atoms with E-state index in [-0.39, 0.29) is 0 Å². The summed E-state index contributed by atoms with van der Waals surface area (Å²) in [6, 6.07) is 18.6. The molecule has 0 aliphatic heterocycles. The van der Waals surface area contributed by atoms with Gasteiger partial charge >= 0.3 is 0 Å². The Hall–Kier alpha value is -2.22. The van der Waals surface area contributed by atoms with Crippen LogP contribution in [0.4, 0.5) is 0 Å². The Kier molecular flexibility index (Phi) is 4.19. The SMILES string of the molecule is C[C@H](c1nc2ccccc2s1)[NH+](C)Cc1ccccc1C#N. The number of para-hydroxylation sites is 1. The second-order valence-corrected chi connectivity index (χ2v) is 6.60. The Balaban J connectivity index is 1.82. The molecular formula is C18H18N3S+. The number of rotatable bonds is 4. The van der Waals surface area contributed by atoms with E-state index in [9.17, 15) is 5.26 Å². The number of aromatic nitrogens is 1. The Morgan fingerprint density at radius 1 is 1.18 bits per heavy atom. The molecular weight excluding hydrogens is 290 g/mol. The molecule has 4 heteroatoms. The highest BCUT2D eigenvalue weighted by Crippen LogP contribution is 2.24. The molecule has 110 valence electrons. The van der Waals surface area contributed by atoms with E-state index in [1.54, 1.807) is 11.3 Å². The second-order valence-electron chi connectivity index (χ2n) is 5.53. The van der Waals surface area contributed by atoms with Gasteiger partial charge in [0.15, 0.2) is 5.01 Å². The van der Waals surface area contributed by atoms with Gasteiger partial charge in [-0.2, -0.15) is 5.26 Å². The lowest BCUT2D eigenvalue weighted by molar-refractivity contribution is -0.923. The summed E-state index contributed by atoms with van der Waals surface area (Å²) in [6.45, 7) is 3.02. The maximum Gasteiger partial charge on any atom is 0.151 e. The van der Waals surface area contributed by atoms with Gasteiger partial charge in [-0.25, -0.2) is 4.98 Å². The lowest BCUT2D eigenvalue weighted by Gasteiger charge is -2.20. The first-order valence-electron chi connectivity index (χ1n) is 7.35. The van der Waals surface area contributed by atoms with E-state index in [0.717, 1.165) is 28.2 Å². The highest BCUT2D eigenvalue weighted by Gasteiger charge is 2.20. The molecule has 0 bridgehead atoms. The fourth-order valence-electron chi connectivity index (χ4n) is 2.52. The standard InChI is InChI=1S/C18H17N3S/c1-13(18-20-16-9-5-6-10-17(16)22-18)21(2)12-15-8-4-3-7-14(15)11-19/h3-10,13H,12H2,1-2H3/p+1/t13-/m1/s1. The zero-order valence-electron chi connectivity index (χ0n) is 12.7. The molecule has 0 aliphatic rings. The molecule has 3 nitrogen and oxygen atoms in total. The maximum atomic E-state index is 9.21. The summed E-state index contributed by atoms with van der Waals surface area (Å²) in [5.74, 6) is 0. The molecule has 3 aromatic rings. The predicted octanol–water partition coefficient (Wildman–Crippen LogP) is 2.94. The maximum absolute atomic E-state index is 9.21. The van der Waals surface area contributed by atoms with Gasteiger partial charge in [-0.3, -0.25) is 0 Å². The van der Waals surface area contributed by atoms with Crippen molar-refractivity contribution in [1.82, 2.24) is 4.98 Å². The van der Waals surface area contributed by atoms with Crippen LogP contribution in [-0.2, 0) is 6.54 Å². The third kappa shape index (κ3) is 2.87. The van der Waals surface area contributed by atoms with Crippen molar-refractivity contribution in [3.05, 3.63) is 64.7 Å². The van der Waals surface area contributed by atoms with Crippen LogP contribution >= 0.6 is 11.3 Å². The number of nitriles is 1. The number of hydrogen-bond acceptors (Lipinski definition) is 3. The minimum atomic E-state index is 0.296. The molecule has 0 saturated heterocycles. The van der Waals surface area contributed by atoms with Crippen LogP contribution in [-0.4, -0.2) is 12.0 Å². The number of hydrogen-bond donors (Lipinski definition) is 1. The zero-order valence-corrected chi connectivity index (χ0v) is 13.5. The molecule has 2 atom stereocenters. The number of nitrogens with one attached hydrogen (secondary N) is 1. The van der Waals surface area contributed by atoms with Crippen molar-refractivity contribution in [2.75, 3.05) is 7.05 Å². The van der Waals surface area contributed by atoms with Gasteiger partial charge in [0.05, 0.1) is 28.9 Å². The van der Waals surface area contributed by atoms with Gasteiger partial charge in [0.2, 0.25) is 0 Å². The number of thiazole rings is 1. The summed E-state index contributed by atoms with van der Waals surface area (Å²) in [6.07, 6.45) is 0. The molecule has 22 heavy (non-hydrogen) atoms. The summed E-state index contributed by atoms with van der Waals surface area (Å²) < 4.78 is 1.23. The van der Waals surface area contributed by atoms with Crippen LogP contribution < -0.4 is 4.90 Å². The van der Waals surface area contributed by atoms with Crippen LogP contribution in [0.3, 0.4) is 0 Å². The average molecular weight is 308 g/mol. The Morgan fingerprint density at radius 3 is 2.68 bits per heavy atom. The van der Waals surface area contributed by atoms with E-state index in [0.29, 0.717) is 6.04 Å². The molecule has 0 spiro atoms. The van der Waals surface area contributed by atoms with Crippen molar-refractivity contribution in [1.29, 1.82) is 5.26 Å². The van der Waals surface area contributed by atoms with Crippen molar-refractivity contribution in [2.45, 2.75) is 19.5 Å². The van der Waals surface area contributed by atoms with E-state index < -0.39 is 0 Å². The summed E-state index contributed by atoms with van der Waals surface area (Å²) in [5, 5.41) is 10.4. The van der Waals surface area contributed by atoms with E-state index in [2.05, 4.69) is 38.2 Å². The molecule has 3 rings (SSSR count). The minimum absolute atomic E-state index is 0.296. The molecule has 0 aliphatic carbocycles. The van der Waals surface area contributed by atoms with Crippen molar-refractivity contribution < 1.29 is 4.90 Å². The van der Waals surface area contributed by atoms with Gasteiger partial charge in [0.25, 0.3) is 0 Å². The molecule has 0 amide bonds. The van der Waals surface area contributed by atoms with Gasteiger partial charge < -0.3 is 4.90 Å². The van der Waals surface area contributed by atoms with Crippen LogP contribution in [0.5, 0.6) is 0 Å². The van der Waals surface area contributed by atoms with Crippen molar-refractivity contribution in [3.8, 4) is 6.07 Å². The van der Waals surface area contributed by atoms with Crippen molar-refractivity contribution in [3.63, 3.8) is 0 Å². The average Bonchev–Trinajstić information content (AvgIpc) is 2.98.